The molecule has 0 aliphatic heterocycles. The zero-order valence-corrected chi connectivity index (χ0v) is 20.1. The standard InChI is InChI=1S/C26H22Cl2N2O4/c1-3-33-25-13-17(4-11-24(25)34-16-18-5-6-20(27)14-23(18)28)12-19(15-29)26(31)30-21-7-9-22(32-2)10-8-21/h4-14H,3,16H2,1-2H3,(H,30,31)/b19-12-. The number of methoxy groups -OCH3 is 1. The van der Waals surface area contributed by atoms with Gasteiger partial charge in [0.05, 0.1) is 13.7 Å². The summed E-state index contributed by atoms with van der Waals surface area (Å²) in [5, 5.41) is 13.3. The molecule has 0 saturated carbocycles. The number of rotatable bonds is 9. The number of benzene rings is 3. The van der Waals surface area contributed by atoms with Crippen molar-refractivity contribution in [2.45, 2.75) is 13.5 Å². The second kappa shape index (κ2) is 12.0. The third kappa shape index (κ3) is 6.67. The van der Waals surface area contributed by atoms with E-state index in [1.165, 1.54) is 6.08 Å². The SMILES string of the molecule is CCOc1cc(/C=C(/C#N)C(=O)Nc2ccc(OC)cc2)ccc1OCc1ccc(Cl)cc1Cl. The van der Waals surface area contributed by atoms with E-state index in [1.54, 1.807) is 67.8 Å². The maximum absolute atomic E-state index is 12.6. The number of ether oxygens (including phenoxy) is 3. The number of carbonyl (C=O) groups excluding carboxylic acids is 1. The van der Waals surface area contributed by atoms with E-state index in [2.05, 4.69) is 5.32 Å². The molecule has 3 aromatic rings. The summed E-state index contributed by atoms with van der Waals surface area (Å²) < 4.78 is 16.7. The van der Waals surface area contributed by atoms with Gasteiger partial charge < -0.3 is 19.5 Å². The molecule has 1 N–H and O–H groups in total. The number of nitriles is 1. The quantitative estimate of drug-likeness (QED) is 0.269. The second-order valence-corrected chi connectivity index (χ2v) is 7.86. The van der Waals surface area contributed by atoms with Crippen molar-refractivity contribution >= 4 is 40.9 Å². The van der Waals surface area contributed by atoms with Gasteiger partial charge in [0.25, 0.3) is 5.91 Å². The summed E-state index contributed by atoms with van der Waals surface area (Å²) in [6.07, 6.45) is 1.49. The van der Waals surface area contributed by atoms with Crippen LogP contribution in [0.4, 0.5) is 5.69 Å². The Kier molecular flexibility index (Phi) is 8.80. The van der Waals surface area contributed by atoms with Gasteiger partial charge in [-0.05, 0) is 67.1 Å². The molecular formula is C26H22Cl2N2O4. The number of amides is 1. The van der Waals surface area contributed by atoms with Crippen molar-refractivity contribution in [3.8, 4) is 23.3 Å². The van der Waals surface area contributed by atoms with Gasteiger partial charge in [-0.1, -0.05) is 35.3 Å². The normalized spacial score (nSPS) is 10.9. The van der Waals surface area contributed by atoms with Gasteiger partial charge >= 0.3 is 0 Å². The van der Waals surface area contributed by atoms with Gasteiger partial charge in [-0.25, -0.2) is 0 Å². The summed E-state index contributed by atoms with van der Waals surface area (Å²) in [4.78, 5) is 12.6. The lowest BCUT2D eigenvalue weighted by Crippen LogP contribution is -2.13. The molecule has 0 aliphatic carbocycles. The van der Waals surface area contributed by atoms with Crippen molar-refractivity contribution in [1.29, 1.82) is 5.26 Å². The summed E-state index contributed by atoms with van der Waals surface area (Å²) in [6.45, 7) is 2.48. The van der Waals surface area contributed by atoms with E-state index in [0.717, 1.165) is 5.56 Å². The lowest BCUT2D eigenvalue weighted by atomic mass is 10.1. The van der Waals surface area contributed by atoms with Gasteiger partial charge in [-0.2, -0.15) is 5.26 Å². The Balaban J connectivity index is 1.77. The van der Waals surface area contributed by atoms with E-state index in [1.807, 2.05) is 13.0 Å². The molecule has 6 nitrogen and oxygen atoms in total. The van der Waals surface area contributed by atoms with E-state index in [0.29, 0.717) is 45.2 Å². The molecule has 1 amide bonds. The van der Waals surface area contributed by atoms with Crippen molar-refractivity contribution < 1.29 is 19.0 Å². The average Bonchev–Trinajstić information content (AvgIpc) is 2.83. The van der Waals surface area contributed by atoms with Crippen LogP contribution in [0, 0.1) is 11.3 Å². The van der Waals surface area contributed by atoms with Gasteiger partial charge in [0.15, 0.2) is 11.5 Å². The number of hydrogen-bond donors (Lipinski definition) is 1. The third-order valence-corrected chi connectivity index (χ3v) is 5.28. The van der Waals surface area contributed by atoms with Crippen molar-refractivity contribution in [3.05, 3.63) is 87.4 Å². The molecule has 0 heterocycles. The molecule has 0 aromatic heterocycles. The molecule has 0 unspecified atom stereocenters. The maximum atomic E-state index is 12.6. The first-order valence-corrected chi connectivity index (χ1v) is 11.1. The smallest absolute Gasteiger partial charge is 0.266 e. The van der Waals surface area contributed by atoms with Crippen LogP contribution in [0.1, 0.15) is 18.1 Å². The van der Waals surface area contributed by atoms with Crippen LogP contribution in [0.15, 0.2) is 66.2 Å². The molecule has 0 fully saturated rings. The predicted octanol–water partition coefficient (Wildman–Crippen LogP) is 6.53. The van der Waals surface area contributed by atoms with Crippen molar-refractivity contribution in [1.82, 2.24) is 0 Å². The minimum Gasteiger partial charge on any atom is -0.497 e. The Hall–Kier alpha value is -3.66. The Labute approximate surface area is 208 Å². The number of carbonyl (C=O) groups is 1. The highest BCUT2D eigenvalue weighted by Crippen LogP contribution is 2.31. The number of halogens is 2. The second-order valence-electron chi connectivity index (χ2n) is 7.02. The molecule has 174 valence electrons. The van der Waals surface area contributed by atoms with Crippen LogP contribution in [0.25, 0.3) is 6.08 Å². The van der Waals surface area contributed by atoms with Crippen LogP contribution in [-0.4, -0.2) is 19.6 Å². The summed E-state index contributed by atoms with van der Waals surface area (Å²) in [5.74, 6) is 1.13. The molecule has 3 rings (SSSR count). The lowest BCUT2D eigenvalue weighted by Gasteiger charge is -2.13. The zero-order valence-electron chi connectivity index (χ0n) is 18.6. The molecule has 0 atom stereocenters. The Bertz CT molecular complexity index is 1230. The lowest BCUT2D eigenvalue weighted by molar-refractivity contribution is -0.112. The van der Waals surface area contributed by atoms with E-state index in [9.17, 15) is 10.1 Å². The maximum Gasteiger partial charge on any atom is 0.266 e. The Morgan fingerprint density at radius 3 is 2.44 bits per heavy atom. The highest BCUT2D eigenvalue weighted by Gasteiger charge is 2.12. The average molecular weight is 497 g/mol. The van der Waals surface area contributed by atoms with Crippen molar-refractivity contribution in [2.24, 2.45) is 0 Å². The van der Waals surface area contributed by atoms with Crippen molar-refractivity contribution in [3.63, 3.8) is 0 Å². The van der Waals surface area contributed by atoms with Gasteiger partial charge in [0.2, 0.25) is 0 Å². The molecule has 0 spiro atoms. The minimum atomic E-state index is -0.525. The highest BCUT2D eigenvalue weighted by atomic mass is 35.5. The monoisotopic (exact) mass is 496 g/mol. The third-order valence-electron chi connectivity index (χ3n) is 4.69. The molecule has 3 aromatic carbocycles. The number of nitrogens with one attached hydrogen (secondary N) is 1. The molecule has 34 heavy (non-hydrogen) atoms. The van der Waals surface area contributed by atoms with E-state index < -0.39 is 5.91 Å². The molecule has 0 radical (unpaired) electrons. The van der Waals surface area contributed by atoms with E-state index >= 15 is 0 Å². The number of hydrogen-bond acceptors (Lipinski definition) is 5. The minimum absolute atomic E-state index is 0.0557. The van der Waals surface area contributed by atoms with Crippen LogP contribution >= 0.6 is 23.2 Å². The Morgan fingerprint density at radius 1 is 1.03 bits per heavy atom. The molecule has 0 bridgehead atoms. The van der Waals surface area contributed by atoms with Gasteiger partial charge in [-0.15, -0.1) is 0 Å². The summed E-state index contributed by atoms with van der Waals surface area (Å²) in [5.41, 5.74) is 1.88. The van der Waals surface area contributed by atoms with Gasteiger partial charge in [0.1, 0.15) is 24.0 Å². The summed E-state index contributed by atoms with van der Waals surface area (Å²) in [7, 11) is 1.56. The van der Waals surface area contributed by atoms with Crippen LogP contribution in [-0.2, 0) is 11.4 Å². The fourth-order valence-corrected chi connectivity index (χ4v) is 3.45. The largest absolute Gasteiger partial charge is 0.497 e. The Morgan fingerprint density at radius 2 is 1.79 bits per heavy atom. The van der Waals surface area contributed by atoms with Gasteiger partial charge in [0, 0.05) is 21.3 Å². The first-order valence-electron chi connectivity index (χ1n) is 10.3. The van der Waals surface area contributed by atoms with Crippen LogP contribution in [0.2, 0.25) is 10.0 Å². The summed E-state index contributed by atoms with van der Waals surface area (Å²) in [6, 6.07) is 19.1. The topological polar surface area (TPSA) is 80.6 Å². The predicted molar refractivity (Wildman–Crippen MR) is 134 cm³/mol. The molecule has 0 saturated heterocycles. The molecular weight excluding hydrogens is 475 g/mol. The molecule has 8 heteroatoms. The number of nitrogens with zero attached hydrogens (tertiary/aromatic N) is 1. The molecule has 0 aliphatic rings. The van der Waals surface area contributed by atoms with Crippen LogP contribution in [0.3, 0.4) is 0 Å². The fourth-order valence-electron chi connectivity index (χ4n) is 2.98. The van der Waals surface area contributed by atoms with E-state index in [-0.39, 0.29) is 12.2 Å². The van der Waals surface area contributed by atoms with Gasteiger partial charge in [-0.3, -0.25) is 4.79 Å². The van der Waals surface area contributed by atoms with Crippen LogP contribution in [0.5, 0.6) is 17.2 Å². The van der Waals surface area contributed by atoms with Crippen LogP contribution < -0.4 is 19.5 Å². The first-order chi connectivity index (χ1) is 16.4. The number of anilines is 1. The summed E-state index contributed by atoms with van der Waals surface area (Å²) >= 11 is 12.2. The fraction of sp³-hybridized carbons (Fsp3) is 0.154. The first kappa shape index (κ1) is 25.0. The van der Waals surface area contributed by atoms with E-state index in [4.69, 9.17) is 37.4 Å². The highest BCUT2D eigenvalue weighted by molar-refractivity contribution is 6.35. The zero-order chi connectivity index (χ0) is 24.5. The van der Waals surface area contributed by atoms with Crippen molar-refractivity contribution in [2.75, 3.05) is 19.0 Å².